The zero-order chi connectivity index (χ0) is 23.2. The predicted octanol–water partition coefficient (Wildman–Crippen LogP) is 4.15. The van der Waals surface area contributed by atoms with E-state index in [2.05, 4.69) is 38.4 Å². The number of hydrogen-bond donors (Lipinski definition) is 1. The van der Waals surface area contributed by atoms with Crippen LogP contribution in [0.25, 0.3) is 11.4 Å². The van der Waals surface area contributed by atoms with Crippen molar-refractivity contribution in [2.45, 2.75) is 18.9 Å². The minimum atomic E-state index is 0.0729. The number of nitriles is 1. The Bertz CT molecular complexity index is 1170. The van der Waals surface area contributed by atoms with Crippen LogP contribution in [-0.4, -0.2) is 55.6 Å². The van der Waals surface area contributed by atoms with E-state index in [4.69, 9.17) is 14.2 Å². The van der Waals surface area contributed by atoms with Crippen molar-refractivity contribution in [1.82, 2.24) is 9.97 Å². The number of nitrogens with one attached hydrogen (secondary N) is 1. The first-order chi connectivity index (χ1) is 16.8. The first kappa shape index (κ1) is 22.1. The number of ether oxygens (including phenoxy) is 3. The Labute approximate surface area is 199 Å². The molecular formula is C26H27N5O3. The largest absolute Gasteiger partial charge is 0.489 e. The summed E-state index contributed by atoms with van der Waals surface area (Å²) in [5.74, 6) is 1.82. The summed E-state index contributed by atoms with van der Waals surface area (Å²) in [5, 5.41) is 13.1. The van der Waals surface area contributed by atoms with Crippen molar-refractivity contribution in [3.05, 3.63) is 60.3 Å². The first-order valence-electron chi connectivity index (χ1n) is 11.6. The SMILES string of the molecule is N#Cc1cc(-c2nccc(Nc3cccc(N4CCOCC4)c3)n2)ccc1OC1CCOCC1. The van der Waals surface area contributed by atoms with Gasteiger partial charge in [-0.15, -0.1) is 0 Å². The van der Waals surface area contributed by atoms with Crippen LogP contribution in [0.2, 0.25) is 0 Å². The third-order valence-corrected chi connectivity index (χ3v) is 5.97. The molecule has 1 aromatic heterocycles. The molecule has 2 aromatic carbocycles. The Hall–Kier alpha value is -3.67. The van der Waals surface area contributed by atoms with Gasteiger partial charge in [0.15, 0.2) is 5.82 Å². The minimum Gasteiger partial charge on any atom is -0.489 e. The lowest BCUT2D eigenvalue weighted by Gasteiger charge is -2.29. The van der Waals surface area contributed by atoms with Crippen molar-refractivity contribution < 1.29 is 14.2 Å². The van der Waals surface area contributed by atoms with Gasteiger partial charge in [-0.05, 0) is 42.5 Å². The van der Waals surface area contributed by atoms with E-state index in [1.807, 2.05) is 30.3 Å². The van der Waals surface area contributed by atoms with Crippen LogP contribution in [0.3, 0.4) is 0 Å². The minimum absolute atomic E-state index is 0.0729. The molecule has 0 radical (unpaired) electrons. The van der Waals surface area contributed by atoms with Gasteiger partial charge in [-0.1, -0.05) is 6.07 Å². The lowest BCUT2D eigenvalue weighted by atomic mass is 10.1. The summed E-state index contributed by atoms with van der Waals surface area (Å²) < 4.78 is 16.9. The van der Waals surface area contributed by atoms with Crippen LogP contribution < -0.4 is 15.0 Å². The topological polar surface area (TPSA) is 92.5 Å². The first-order valence-corrected chi connectivity index (χ1v) is 11.6. The highest BCUT2D eigenvalue weighted by molar-refractivity contribution is 5.66. The van der Waals surface area contributed by atoms with Crippen molar-refractivity contribution in [1.29, 1.82) is 5.26 Å². The highest BCUT2D eigenvalue weighted by Crippen LogP contribution is 2.28. The molecule has 1 N–H and O–H groups in total. The van der Waals surface area contributed by atoms with Gasteiger partial charge in [0, 0.05) is 49.1 Å². The molecule has 174 valence electrons. The van der Waals surface area contributed by atoms with Crippen molar-refractivity contribution in [3.8, 4) is 23.2 Å². The molecule has 0 aliphatic carbocycles. The molecule has 0 amide bonds. The summed E-state index contributed by atoms with van der Waals surface area (Å²) in [4.78, 5) is 11.4. The van der Waals surface area contributed by atoms with Crippen molar-refractivity contribution in [3.63, 3.8) is 0 Å². The average Bonchev–Trinajstić information content (AvgIpc) is 2.90. The zero-order valence-corrected chi connectivity index (χ0v) is 18.9. The lowest BCUT2D eigenvalue weighted by molar-refractivity contribution is 0.0254. The number of morpholine rings is 1. The smallest absolute Gasteiger partial charge is 0.161 e. The van der Waals surface area contributed by atoms with Crippen LogP contribution in [0.15, 0.2) is 54.7 Å². The summed E-state index contributed by atoms with van der Waals surface area (Å²) in [5.41, 5.74) is 3.35. The van der Waals surface area contributed by atoms with E-state index >= 15 is 0 Å². The second-order valence-electron chi connectivity index (χ2n) is 8.29. The van der Waals surface area contributed by atoms with E-state index in [0.29, 0.717) is 36.2 Å². The van der Waals surface area contributed by atoms with Crippen molar-refractivity contribution in [2.24, 2.45) is 0 Å². The van der Waals surface area contributed by atoms with Crippen LogP contribution in [-0.2, 0) is 9.47 Å². The molecule has 0 spiro atoms. The molecule has 8 heteroatoms. The van der Waals surface area contributed by atoms with Crippen LogP contribution in [0.1, 0.15) is 18.4 Å². The molecule has 2 fully saturated rings. The van der Waals surface area contributed by atoms with E-state index in [9.17, 15) is 5.26 Å². The molecule has 0 atom stereocenters. The Balaban J connectivity index is 1.32. The summed E-state index contributed by atoms with van der Waals surface area (Å²) in [6.07, 6.45) is 3.45. The second-order valence-corrected chi connectivity index (χ2v) is 8.29. The third kappa shape index (κ3) is 5.28. The number of benzene rings is 2. The fourth-order valence-electron chi connectivity index (χ4n) is 4.15. The fourth-order valence-corrected chi connectivity index (χ4v) is 4.15. The van der Waals surface area contributed by atoms with Gasteiger partial charge >= 0.3 is 0 Å². The van der Waals surface area contributed by atoms with Gasteiger partial charge in [0.25, 0.3) is 0 Å². The van der Waals surface area contributed by atoms with E-state index in [-0.39, 0.29) is 6.10 Å². The van der Waals surface area contributed by atoms with Gasteiger partial charge in [-0.25, -0.2) is 9.97 Å². The number of hydrogen-bond acceptors (Lipinski definition) is 8. The summed E-state index contributed by atoms with van der Waals surface area (Å²) in [7, 11) is 0. The van der Waals surface area contributed by atoms with Crippen molar-refractivity contribution in [2.75, 3.05) is 49.7 Å². The molecule has 3 heterocycles. The highest BCUT2D eigenvalue weighted by atomic mass is 16.5. The van der Waals surface area contributed by atoms with Crippen molar-refractivity contribution >= 4 is 17.2 Å². The maximum Gasteiger partial charge on any atom is 0.161 e. The average molecular weight is 458 g/mol. The molecule has 0 saturated carbocycles. The number of rotatable bonds is 6. The van der Waals surface area contributed by atoms with Crippen LogP contribution in [0.5, 0.6) is 5.75 Å². The Kier molecular flexibility index (Phi) is 6.84. The molecule has 2 saturated heterocycles. The molecule has 2 aliphatic rings. The maximum absolute atomic E-state index is 9.68. The van der Waals surface area contributed by atoms with Gasteiger partial charge in [0.1, 0.15) is 23.7 Å². The molecule has 0 bridgehead atoms. The molecule has 2 aliphatic heterocycles. The van der Waals surface area contributed by atoms with Crippen LogP contribution in [0, 0.1) is 11.3 Å². The Morgan fingerprint density at radius 1 is 1.00 bits per heavy atom. The molecule has 34 heavy (non-hydrogen) atoms. The van der Waals surface area contributed by atoms with Gasteiger partial charge in [-0.2, -0.15) is 5.26 Å². The quantitative estimate of drug-likeness (QED) is 0.590. The number of aromatic nitrogens is 2. The second kappa shape index (κ2) is 10.5. The van der Waals surface area contributed by atoms with Crippen LogP contribution >= 0.6 is 0 Å². The maximum atomic E-state index is 9.68. The zero-order valence-electron chi connectivity index (χ0n) is 18.9. The molecule has 8 nitrogen and oxygen atoms in total. The van der Waals surface area contributed by atoms with Gasteiger partial charge in [0.05, 0.1) is 32.0 Å². The number of anilines is 3. The molecule has 5 rings (SSSR count). The fraction of sp³-hybridized carbons (Fsp3) is 0.346. The predicted molar refractivity (Wildman–Crippen MR) is 129 cm³/mol. The highest BCUT2D eigenvalue weighted by Gasteiger charge is 2.18. The van der Waals surface area contributed by atoms with Gasteiger partial charge in [0.2, 0.25) is 0 Å². The van der Waals surface area contributed by atoms with E-state index < -0.39 is 0 Å². The lowest BCUT2D eigenvalue weighted by Crippen LogP contribution is -2.36. The normalized spacial score (nSPS) is 16.6. The Morgan fingerprint density at radius 3 is 2.65 bits per heavy atom. The Morgan fingerprint density at radius 2 is 1.82 bits per heavy atom. The van der Waals surface area contributed by atoms with E-state index in [0.717, 1.165) is 56.1 Å². The molecular weight excluding hydrogens is 430 g/mol. The number of nitrogens with zero attached hydrogens (tertiary/aromatic N) is 4. The third-order valence-electron chi connectivity index (χ3n) is 5.97. The summed E-state index contributed by atoms with van der Waals surface area (Å²) >= 11 is 0. The van der Waals surface area contributed by atoms with E-state index in [1.54, 1.807) is 12.3 Å². The van der Waals surface area contributed by atoms with Gasteiger partial charge < -0.3 is 24.4 Å². The summed E-state index contributed by atoms with van der Waals surface area (Å²) in [6, 6.07) is 17.9. The molecule has 0 unspecified atom stereocenters. The van der Waals surface area contributed by atoms with Gasteiger partial charge in [-0.3, -0.25) is 0 Å². The van der Waals surface area contributed by atoms with Crippen LogP contribution in [0.4, 0.5) is 17.2 Å². The standard InChI is InChI=1S/C26H27N5O3/c27-18-20-16-19(4-5-24(20)34-23-7-12-32-13-8-23)26-28-9-6-25(30-26)29-21-2-1-3-22(17-21)31-10-14-33-15-11-31/h1-6,9,16-17,23H,7-8,10-15H2,(H,28,29,30). The summed E-state index contributed by atoms with van der Waals surface area (Å²) in [6.45, 7) is 4.64. The molecule has 3 aromatic rings. The monoisotopic (exact) mass is 457 g/mol. The van der Waals surface area contributed by atoms with E-state index in [1.165, 1.54) is 0 Å².